The second-order valence-electron chi connectivity index (χ2n) is 14.9. The van der Waals surface area contributed by atoms with E-state index < -0.39 is 69.3 Å². The predicted octanol–water partition coefficient (Wildman–Crippen LogP) is 3.20. The SMILES string of the molecule is CN(C)S(=O)(=O)NC(=O)[C@]12CC1/C=C/CCCCC[C@H](NC(=O)OC(C)(C)C)C(=O)N1CCN(C(=O)OCc3cccc4ccccc34)C[C@H]1C(=O)N2. The zero-order valence-corrected chi connectivity index (χ0v) is 31.7. The lowest BCUT2D eigenvalue weighted by Crippen LogP contribution is -2.66. The quantitative estimate of drug-likeness (QED) is 0.373. The summed E-state index contributed by atoms with van der Waals surface area (Å²) in [6.45, 7) is 4.76. The van der Waals surface area contributed by atoms with Crippen LogP contribution in [-0.4, -0.2) is 109 Å². The van der Waals surface area contributed by atoms with Crippen LogP contribution >= 0.6 is 0 Å². The second-order valence-corrected chi connectivity index (χ2v) is 16.8. The van der Waals surface area contributed by atoms with Gasteiger partial charge in [-0.3, -0.25) is 14.4 Å². The molecule has 3 aliphatic rings. The lowest BCUT2D eigenvalue weighted by molar-refractivity contribution is -0.146. The highest BCUT2D eigenvalue weighted by Crippen LogP contribution is 2.45. The van der Waals surface area contributed by atoms with Crippen LogP contribution < -0.4 is 15.4 Å². The average Bonchev–Trinajstić information content (AvgIpc) is 3.80. The molecule has 2 heterocycles. The van der Waals surface area contributed by atoms with E-state index in [-0.39, 0.29) is 39.1 Å². The maximum absolute atomic E-state index is 14.3. The lowest BCUT2D eigenvalue weighted by Gasteiger charge is -2.41. The minimum Gasteiger partial charge on any atom is -0.445 e. The Morgan fingerprint density at radius 3 is 2.49 bits per heavy atom. The van der Waals surface area contributed by atoms with E-state index in [4.69, 9.17) is 9.47 Å². The molecular weight excluding hydrogens is 705 g/mol. The fourth-order valence-electron chi connectivity index (χ4n) is 6.63. The third-order valence-electron chi connectivity index (χ3n) is 9.64. The van der Waals surface area contributed by atoms with Crippen LogP contribution in [0.4, 0.5) is 9.59 Å². The molecule has 1 saturated carbocycles. The fourth-order valence-corrected chi connectivity index (χ4v) is 7.22. The molecular formula is C37H50N6O9S. The Morgan fingerprint density at radius 2 is 1.75 bits per heavy atom. The Morgan fingerprint density at radius 1 is 1.02 bits per heavy atom. The van der Waals surface area contributed by atoms with E-state index in [1.165, 1.54) is 23.9 Å². The first-order valence-corrected chi connectivity index (χ1v) is 19.4. The zero-order valence-electron chi connectivity index (χ0n) is 30.9. The van der Waals surface area contributed by atoms with E-state index in [9.17, 15) is 32.4 Å². The topological polar surface area (TPSA) is 184 Å². The molecule has 0 radical (unpaired) electrons. The Bertz CT molecular complexity index is 1850. The van der Waals surface area contributed by atoms with Gasteiger partial charge in [0.25, 0.3) is 5.91 Å². The monoisotopic (exact) mass is 754 g/mol. The normalized spacial score (nSPS) is 24.8. The molecule has 2 fully saturated rings. The molecule has 2 aliphatic heterocycles. The van der Waals surface area contributed by atoms with Gasteiger partial charge >= 0.3 is 22.4 Å². The van der Waals surface area contributed by atoms with E-state index in [1.54, 1.807) is 26.8 Å². The van der Waals surface area contributed by atoms with Crippen molar-refractivity contribution >= 4 is 50.9 Å². The summed E-state index contributed by atoms with van der Waals surface area (Å²) in [6.07, 6.45) is 5.36. The van der Waals surface area contributed by atoms with E-state index in [2.05, 4.69) is 15.4 Å². The van der Waals surface area contributed by atoms with Crippen molar-refractivity contribution in [3.05, 3.63) is 60.2 Å². The van der Waals surface area contributed by atoms with Crippen molar-refractivity contribution < 1.29 is 41.9 Å². The maximum Gasteiger partial charge on any atom is 0.410 e. The first kappa shape index (κ1) is 39.5. The van der Waals surface area contributed by atoms with Gasteiger partial charge in [-0.25, -0.2) is 14.3 Å². The molecule has 288 valence electrons. The van der Waals surface area contributed by atoms with Crippen molar-refractivity contribution in [1.29, 1.82) is 0 Å². The minimum absolute atomic E-state index is 0.0289. The van der Waals surface area contributed by atoms with Crippen LogP contribution in [0.15, 0.2) is 54.6 Å². The molecule has 3 N–H and O–H groups in total. The van der Waals surface area contributed by atoms with Gasteiger partial charge in [-0.15, -0.1) is 0 Å². The molecule has 2 aromatic rings. The number of fused-ring (bicyclic) bond motifs is 3. The molecule has 15 nitrogen and oxygen atoms in total. The molecule has 1 aliphatic carbocycles. The van der Waals surface area contributed by atoms with Crippen LogP contribution in [0.5, 0.6) is 0 Å². The van der Waals surface area contributed by atoms with Gasteiger partial charge in [-0.2, -0.15) is 12.7 Å². The first-order valence-electron chi connectivity index (χ1n) is 17.9. The molecule has 5 amide bonds. The van der Waals surface area contributed by atoms with Gasteiger partial charge in [0.2, 0.25) is 11.8 Å². The Kier molecular flexibility index (Phi) is 12.0. The molecule has 0 bridgehead atoms. The molecule has 4 atom stereocenters. The number of piperazine rings is 1. The van der Waals surface area contributed by atoms with E-state index in [0.717, 1.165) is 33.5 Å². The smallest absolute Gasteiger partial charge is 0.410 e. The molecule has 2 aromatic carbocycles. The number of rotatable bonds is 6. The third kappa shape index (κ3) is 9.65. The van der Waals surface area contributed by atoms with Crippen molar-refractivity contribution in [3.8, 4) is 0 Å². The van der Waals surface area contributed by atoms with Crippen molar-refractivity contribution in [3.63, 3.8) is 0 Å². The van der Waals surface area contributed by atoms with Gasteiger partial charge in [0.15, 0.2) is 0 Å². The number of amides is 5. The van der Waals surface area contributed by atoms with Crippen molar-refractivity contribution in [2.75, 3.05) is 33.7 Å². The third-order valence-corrected chi connectivity index (χ3v) is 11.0. The number of ether oxygens (including phenoxy) is 2. The summed E-state index contributed by atoms with van der Waals surface area (Å²) in [4.78, 5) is 71.3. The van der Waals surface area contributed by atoms with Gasteiger partial charge in [0.05, 0.1) is 6.54 Å². The highest BCUT2D eigenvalue weighted by molar-refractivity contribution is 7.87. The maximum atomic E-state index is 14.3. The van der Waals surface area contributed by atoms with Crippen molar-refractivity contribution in [1.82, 2.24) is 29.5 Å². The van der Waals surface area contributed by atoms with Crippen molar-refractivity contribution in [2.45, 2.75) is 89.1 Å². The molecule has 53 heavy (non-hydrogen) atoms. The zero-order chi connectivity index (χ0) is 38.6. The van der Waals surface area contributed by atoms with Gasteiger partial charge in [0, 0.05) is 33.1 Å². The fraction of sp³-hybridized carbons (Fsp3) is 0.541. The summed E-state index contributed by atoms with van der Waals surface area (Å²) in [5, 5.41) is 7.38. The summed E-state index contributed by atoms with van der Waals surface area (Å²) in [5.41, 5.74) is -1.65. The molecule has 1 unspecified atom stereocenters. The molecule has 1 saturated heterocycles. The highest BCUT2D eigenvalue weighted by atomic mass is 32.2. The van der Waals surface area contributed by atoms with Crippen LogP contribution in [0, 0.1) is 5.92 Å². The summed E-state index contributed by atoms with van der Waals surface area (Å²) < 4.78 is 39.4. The Labute approximate surface area is 310 Å². The van der Waals surface area contributed by atoms with Crippen LogP contribution in [0.2, 0.25) is 0 Å². The molecule has 5 rings (SSSR count). The van der Waals surface area contributed by atoms with Crippen LogP contribution in [0.3, 0.4) is 0 Å². The molecule has 16 heteroatoms. The minimum atomic E-state index is -4.20. The van der Waals surface area contributed by atoms with Gasteiger partial charge < -0.3 is 29.9 Å². The van der Waals surface area contributed by atoms with Crippen LogP contribution in [0.25, 0.3) is 10.8 Å². The summed E-state index contributed by atoms with van der Waals surface area (Å²) in [7, 11) is -1.65. The second kappa shape index (κ2) is 16.1. The summed E-state index contributed by atoms with van der Waals surface area (Å²) >= 11 is 0. The van der Waals surface area contributed by atoms with Crippen LogP contribution in [-0.2, 0) is 40.7 Å². The number of alkyl carbamates (subject to hydrolysis) is 1. The molecule has 0 aromatic heterocycles. The molecule has 0 spiro atoms. The number of carbonyl (C=O) groups excluding carboxylic acids is 5. The van der Waals surface area contributed by atoms with E-state index in [1.807, 2.05) is 48.5 Å². The Balaban J connectivity index is 1.43. The lowest BCUT2D eigenvalue weighted by atomic mass is 10.0. The van der Waals surface area contributed by atoms with Gasteiger partial charge in [-0.1, -0.05) is 67.5 Å². The predicted molar refractivity (Wildman–Crippen MR) is 196 cm³/mol. The number of hydrogen-bond donors (Lipinski definition) is 3. The van der Waals surface area contributed by atoms with Crippen LogP contribution in [0.1, 0.15) is 64.9 Å². The van der Waals surface area contributed by atoms with E-state index >= 15 is 0 Å². The Hall–Kier alpha value is -4.70. The number of hydrogen-bond acceptors (Lipinski definition) is 9. The first-order chi connectivity index (χ1) is 25.0. The standard InChI is InChI=1S/C37H50N6O9S/c1-36(2,3)52-34(47)38-29-19-10-8-6-7-9-17-27-22-37(27,33(46)40-53(49,50)41(4)5)39-31(44)30-23-42(20-21-43(30)32(29)45)35(48)51-24-26-16-13-15-25-14-11-12-18-28(25)26/h9,11-18,27,29-30H,6-8,10,19-24H2,1-5H3,(H,38,47)(H,39,44)(H,40,46)/b17-9+/t27?,29-,30-,37-/m0/s1. The number of benzene rings is 2. The summed E-state index contributed by atoms with van der Waals surface area (Å²) in [5.74, 6) is -2.73. The summed E-state index contributed by atoms with van der Waals surface area (Å²) in [6, 6.07) is 11.0. The highest BCUT2D eigenvalue weighted by Gasteiger charge is 2.61. The number of allylic oxidation sites excluding steroid dienone is 1. The average molecular weight is 755 g/mol. The number of nitrogens with zero attached hydrogens (tertiary/aromatic N) is 3. The largest absolute Gasteiger partial charge is 0.445 e. The van der Waals surface area contributed by atoms with Crippen molar-refractivity contribution in [2.24, 2.45) is 5.92 Å². The van der Waals surface area contributed by atoms with Gasteiger partial charge in [0.1, 0.15) is 29.8 Å². The number of carbonyl (C=O) groups is 5. The van der Waals surface area contributed by atoms with Gasteiger partial charge in [-0.05, 0) is 62.8 Å². The van der Waals surface area contributed by atoms with E-state index in [0.29, 0.717) is 12.8 Å². The number of nitrogens with one attached hydrogen (secondary N) is 3.